The molecule has 22 heavy (non-hydrogen) atoms. The highest BCUT2D eigenvalue weighted by Crippen LogP contribution is 2.15. The molecule has 0 radical (unpaired) electrons. The second-order valence-corrected chi connectivity index (χ2v) is 6.56. The number of rotatable bonds is 12. The van der Waals surface area contributed by atoms with E-state index in [0.717, 1.165) is 17.6 Å². The molecule has 3 heteroatoms. The van der Waals surface area contributed by atoms with E-state index in [4.69, 9.17) is 0 Å². The largest absolute Gasteiger partial charge is 1.00 e. The number of quaternary nitrogens is 1. The van der Waals surface area contributed by atoms with Gasteiger partial charge in [0.05, 0.1) is 20.2 Å². The van der Waals surface area contributed by atoms with Crippen LogP contribution in [-0.2, 0) is 6.54 Å². The molecule has 0 aliphatic heterocycles. The lowest BCUT2D eigenvalue weighted by molar-refractivity contribution is -0.923. The van der Waals surface area contributed by atoms with Gasteiger partial charge in [0, 0.05) is 5.56 Å². The highest BCUT2D eigenvalue weighted by molar-refractivity contribution is 5.13. The lowest BCUT2D eigenvalue weighted by Gasteiger charge is -2.34. The number of hydrogen-bond acceptors (Lipinski definition) is 1. The molecule has 0 heterocycles. The maximum absolute atomic E-state index is 9.36. The zero-order valence-electron chi connectivity index (χ0n) is 14.4. The van der Waals surface area contributed by atoms with Crippen molar-refractivity contribution in [3.63, 3.8) is 0 Å². The summed E-state index contributed by atoms with van der Waals surface area (Å²) < 4.78 is 0.954. The summed E-state index contributed by atoms with van der Waals surface area (Å²) in [6.07, 6.45) is 9.45. The Balaban J connectivity index is 0.00000441. The van der Waals surface area contributed by atoms with Crippen molar-refractivity contribution in [1.29, 1.82) is 0 Å². The molecule has 0 amide bonds. The van der Waals surface area contributed by atoms with Gasteiger partial charge in [0.15, 0.2) is 0 Å². The molecule has 0 bridgehead atoms. The zero-order valence-corrected chi connectivity index (χ0v) is 15.2. The molecule has 1 atom stereocenters. The van der Waals surface area contributed by atoms with Crippen LogP contribution >= 0.6 is 0 Å². The Bertz CT molecular complexity index is 358. The Kier molecular flexibility index (Phi) is 12.6. The molecule has 1 aromatic carbocycles. The van der Waals surface area contributed by atoms with E-state index >= 15 is 0 Å². The van der Waals surface area contributed by atoms with Crippen LogP contribution < -0.4 is 12.4 Å². The summed E-state index contributed by atoms with van der Waals surface area (Å²) >= 11 is 0. The number of hydrogen-bond donors (Lipinski definition) is 1. The molecule has 0 fully saturated rings. The minimum Gasteiger partial charge on any atom is -1.00 e. The SMILES string of the molecule is CCCCCCCCC[N+](C)(CCO)Cc1ccccc1.[Cl-]. The van der Waals surface area contributed by atoms with E-state index in [1.165, 1.54) is 57.1 Å². The van der Waals surface area contributed by atoms with Crippen molar-refractivity contribution in [3.05, 3.63) is 35.9 Å². The number of aliphatic hydroxyl groups excluding tert-OH is 1. The van der Waals surface area contributed by atoms with Crippen molar-refractivity contribution in [2.75, 3.05) is 26.7 Å². The summed E-state index contributed by atoms with van der Waals surface area (Å²) in [4.78, 5) is 0. The van der Waals surface area contributed by atoms with E-state index in [9.17, 15) is 5.11 Å². The smallest absolute Gasteiger partial charge is 0.104 e. The first-order chi connectivity index (χ1) is 10.2. The van der Waals surface area contributed by atoms with Crippen molar-refractivity contribution in [1.82, 2.24) is 0 Å². The molecule has 2 nitrogen and oxygen atoms in total. The zero-order chi connectivity index (χ0) is 15.4. The minimum absolute atomic E-state index is 0. The number of nitrogens with zero attached hydrogens (tertiary/aromatic N) is 1. The number of likely N-dealkylation sites (N-methyl/N-ethyl adjacent to an activating group) is 1. The molecule has 0 aromatic heterocycles. The molecule has 0 aliphatic carbocycles. The van der Waals surface area contributed by atoms with Gasteiger partial charge in [-0.2, -0.15) is 0 Å². The molecule has 0 spiro atoms. The lowest BCUT2D eigenvalue weighted by Crippen LogP contribution is -3.00. The number of aliphatic hydroxyl groups is 1. The van der Waals surface area contributed by atoms with Crippen LogP contribution in [0.3, 0.4) is 0 Å². The van der Waals surface area contributed by atoms with Crippen molar-refractivity contribution in [2.24, 2.45) is 0 Å². The van der Waals surface area contributed by atoms with E-state index in [0.29, 0.717) is 0 Å². The average Bonchev–Trinajstić information content (AvgIpc) is 2.47. The standard InChI is InChI=1S/C19H34NO.ClH/c1-3-4-5-6-7-8-12-15-20(2,16-17-21)18-19-13-10-9-11-14-19;/h9-11,13-14,21H,3-8,12,15-18H2,1-2H3;1H/q+1;/p-1. The Morgan fingerprint density at radius 3 is 2.05 bits per heavy atom. The predicted octanol–water partition coefficient (Wildman–Crippen LogP) is 1.38. The first kappa shape index (κ1) is 21.4. The van der Waals surface area contributed by atoms with Gasteiger partial charge >= 0.3 is 0 Å². The summed E-state index contributed by atoms with van der Waals surface area (Å²) in [5, 5.41) is 9.36. The van der Waals surface area contributed by atoms with Gasteiger partial charge in [0.2, 0.25) is 0 Å². The average molecular weight is 328 g/mol. The molecule has 1 unspecified atom stereocenters. The summed E-state index contributed by atoms with van der Waals surface area (Å²) in [5.41, 5.74) is 1.37. The number of benzene rings is 1. The van der Waals surface area contributed by atoms with E-state index in [1.54, 1.807) is 0 Å². The molecule has 0 saturated carbocycles. The molecule has 128 valence electrons. The Morgan fingerprint density at radius 2 is 1.45 bits per heavy atom. The fourth-order valence-corrected chi connectivity index (χ4v) is 2.99. The quantitative estimate of drug-likeness (QED) is 0.454. The predicted molar refractivity (Wildman–Crippen MR) is 91.1 cm³/mol. The summed E-state index contributed by atoms with van der Waals surface area (Å²) in [6.45, 7) is 5.59. The van der Waals surface area contributed by atoms with Crippen molar-refractivity contribution >= 4 is 0 Å². The Hall–Kier alpha value is -0.570. The topological polar surface area (TPSA) is 20.2 Å². The van der Waals surface area contributed by atoms with E-state index in [2.05, 4.69) is 44.3 Å². The van der Waals surface area contributed by atoms with Crippen LogP contribution in [0.2, 0.25) is 0 Å². The molecular formula is C19H34ClNO. The van der Waals surface area contributed by atoms with Crippen LogP contribution in [0.25, 0.3) is 0 Å². The second kappa shape index (κ2) is 12.9. The van der Waals surface area contributed by atoms with Crippen LogP contribution in [0.15, 0.2) is 30.3 Å². The van der Waals surface area contributed by atoms with Gasteiger partial charge in [0.25, 0.3) is 0 Å². The van der Waals surface area contributed by atoms with Crippen molar-refractivity contribution < 1.29 is 22.0 Å². The number of unbranched alkanes of at least 4 members (excludes halogenated alkanes) is 6. The van der Waals surface area contributed by atoms with E-state index in [-0.39, 0.29) is 19.0 Å². The lowest BCUT2D eigenvalue weighted by atomic mass is 10.1. The molecule has 1 N–H and O–H groups in total. The van der Waals surface area contributed by atoms with Crippen molar-refractivity contribution in [2.45, 2.75) is 58.4 Å². The van der Waals surface area contributed by atoms with Gasteiger partial charge in [-0.15, -0.1) is 0 Å². The third-order valence-electron chi connectivity index (χ3n) is 4.35. The van der Waals surface area contributed by atoms with Crippen LogP contribution in [0.4, 0.5) is 0 Å². The van der Waals surface area contributed by atoms with Crippen LogP contribution in [-0.4, -0.2) is 36.3 Å². The van der Waals surface area contributed by atoms with E-state index in [1.807, 2.05) is 0 Å². The van der Waals surface area contributed by atoms with Crippen LogP contribution in [0.1, 0.15) is 57.4 Å². The molecule has 1 aromatic rings. The normalized spacial score (nSPS) is 13.4. The summed E-state index contributed by atoms with van der Waals surface area (Å²) in [7, 11) is 2.28. The second-order valence-electron chi connectivity index (χ2n) is 6.56. The van der Waals surface area contributed by atoms with Gasteiger partial charge in [0.1, 0.15) is 13.1 Å². The van der Waals surface area contributed by atoms with Crippen LogP contribution in [0, 0.1) is 0 Å². The molecular weight excluding hydrogens is 294 g/mol. The Morgan fingerprint density at radius 1 is 0.864 bits per heavy atom. The first-order valence-electron chi connectivity index (χ1n) is 8.68. The Labute approximate surface area is 143 Å². The van der Waals surface area contributed by atoms with Gasteiger partial charge < -0.3 is 22.0 Å². The van der Waals surface area contributed by atoms with E-state index < -0.39 is 0 Å². The molecule has 0 saturated heterocycles. The van der Waals surface area contributed by atoms with Gasteiger partial charge in [-0.1, -0.05) is 69.4 Å². The fraction of sp³-hybridized carbons (Fsp3) is 0.684. The third-order valence-corrected chi connectivity index (χ3v) is 4.35. The van der Waals surface area contributed by atoms with Gasteiger partial charge in [-0.25, -0.2) is 0 Å². The minimum atomic E-state index is 0. The summed E-state index contributed by atoms with van der Waals surface area (Å²) in [6, 6.07) is 10.7. The highest BCUT2D eigenvalue weighted by Gasteiger charge is 2.20. The monoisotopic (exact) mass is 327 g/mol. The molecule has 1 rings (SSSR count). The third kappa shape index (κ3) is 9.45. The maximum Gasteiger partial charge on any atom is 0.104 e. The molecule has 0 aliphatic rings. The number of halogens is 1. The van der Waals surface area contributed by atoms with Gasteiger partial charge in [-0.3, -0.25) is 0 Å². The van der Waals surface area contributed by atoms with Gasteiger partial charge in [-0.05, 0) is 12.8 Å². The van der Waals surface area contributed by atoms with Crippen molar-refractivity contribution in [3.8, 4) is 0 Å². The fourth-order valence-electron chi connectivity index (χ4n) is 2.99. The summed E-state index contributed by atoms with van der Waals surface area (Å²) in [5.74, 6) is 0. The first-order valence-corrected chi connectivity index (χ1v) is 8.68. The maximum atomic E-state index is 9.36. The van der Waals surface area contributed by atoms with Crippen LogP contribution in [0.5, 0.6) is 0 Å². The highest BCUT2D eigenvalue weighted by atomic mass is 35.5.